The molecule has 188 valence electrons. The van der Waals surface area contributed by atoms with E-state index in [-0.39, 0.29) is 37.3 Å². The normalized spacial score (nSPS) is 14.4. The van der Waals surface area contributed by atoms with Gasteiger partial charge in [-0.05, 0) is 40.0 Å². The van der Waals surface area contributed by atoms with Crippen molar-refractivity contribution in [2.75, 3.05) is 13.2 Å². The van der Waals surface area contributed by atoms with Crippen LogP contribution in [0.2, 0.25) is 0 Å². The first-order valence-corrected chi connectivity index (χ1v) is 12.2. The molecule has 0 bridgehead atoms. The van der Waals surface area contributed by atoms with Gasteiger partial charge in [0.25, 0.3) is 0 Å². The predicted molar refractivity (Wildman–Crippen MR) is 135 cm³/mol. The monoisotopic (exact) mass is 480 g/mol. The molecule has 0 saturated carbocycles. The van der Waals surface area contributed by atoms with E-state index in [1.54, 1.807) is 0 Å². The first-order valence-electron chi connectivity index (χ1n) is 12.2. The zero-order valence-corrected chi connectivity index (χ0v) is 21.0. The number of carboxylic acid groups (broad SMARTS) is 1. The zero-order chi connectivity index (χ0) is 25.6. The van der Waals surface area contributed by atoms with E-state index in [0.717, 1.165) is 28.7 Å². The SMILES string of the molecule is CCC(C)CC(NC(=O)CC(C)(C)CNC(=O)OCC1c2ccccc2-c2ccccc21)C(=O)O. The number of amides is 2. The van der Waals surface area contributed by atoms with Crippen LogP contribution in [0.4, 0.5) is 4.79 Å². The van der Waals surface area contributed by atoms with E-state index in [2.05, 4.69) is 34.9 Å². The van der Waals surface area contributed by atoms with Gasteiger partial charge >= 0.3 is 12.1 Å². The summed E-state index contributed by atoms with van der Waals surface area (Å²) in [5, 5.41) is 14.8. The van der Waals surface area contributed by atoms with Gasteiger partial charge in [-0.25, -0.2) is 9.59 Å². The lowest BCUT2D eigenvalue weighted by Gasteiger charge is -2.26. The quantitative estimate of drug-likeness (QED) is 0.422. The average Bonchev–Trinajstić information content (AvgIpc) is 3.14. The highest BCUT2D eigenvalue weighted by atomic mass is 16.5. The van der Waals surface area contributed by atoms with Gasteiger partial charge in [0.15, 0.2) is 0 Å². The van der Waals surface area contributed by atoms with Crippen LogP contribution in [0.25, 0.3) is 11.1 Å². The molecule has 2 aromatic rings. The van der Waals surface area contributed by atoms with Crippen molar-refractivity contribution in [3.05, 3.63) is 59.7 Å². The lowest BCUT2D eigenvalue weighted by Crippen LogP contribution is -2.44. The molecule has 7 nitrogen and oxygen atoms in total. The number of fused-ring (bicyclic) bond motifs is 3. The number of carbonyl (C=O) groups is 3. The maximum atomic E-state index is 12.5. The van der Waals surface area contributed by atoms with Crippen molar-refractivity contribution in [1.29, 1.82) is 0 Å². The van der Waals surface area contributed by atoms with Crippen molar-refractivity contribution >= 4 is 18.0 Å². The third-order valence-corrected chi connectivity index (χ3v) is 6.66. The summed E-state index contributed by atoms with van der Waals surface area (Å²) < 4.78 is 5.56. The van der Waals surface area contributed by atoms with Gasteiger partial charge in [-0.3, -0.25) is 4.79 Å². The molecule has 0 fully saturated rings. The molecular weight excluding hydrogens is 444 g/mol. The van der Waals surface area contributed by atoms with Gasteiger partial charge in [0.2, 0.25) is 5.91 Å². The maximum Gasteiger partial charge on any atom is 0.407 e. The fraction of sp³-hybridized carbons (Fsp3) is 0.464. The number of nitrogens with one attached hydrogen (secondary N) is 2. The molecule has 3 N–H and O–H groups in total. The number of alkyl carbamates (subject to hydrolysis) is 1. The summed E-state index contributed by atoms with van der Waals surface area (Å²) in [6, 6.07) is 15.4. The Kier molecular flexibility index (Phi) is 8.54. The van der Waals surface area contributed by atoms with Gasteiger partial charge < -0.3 is 20.5 Å². The third-order valence-electron chi connectivity index (χ3n) is 6.66. The minimum absolute atomic E-state index is 0.0228. The number of hydrogen-bond donors (Lipinski definition) is 3. The van der Waals surface area contributed by atoms with Gasteiger partial charge in [-0.15, -0.1) is 0 Å². The van der Waals surface area contributed by atoms with Crippen molar-refractivity contribution in [2.24, 2.45) is 11.3 Å². The minimum Gasteiger partial charge on any atom is -0.480 e. The molecule has 7 heteroatoms. The molecular formula is C28H36N2O5. The molecule has 2 amide bonds. The summed E-state index contributed by atoms with van der Waals surface area (Å²) >= 11 is 0. The molecule has 35 heavy (non-hydrogen) atoms. The van der Waals surface area contributed by atoms with Gasteiger partial charge in [0, 0.05) is 18.9 Å². The van der Waals surface area contributed by atoms with Crippen LogP contribution < -0.4 is 10.6 Å². The zero-order valence-electron chi connectivity index (χ0n) is 21.0. The molecule has 1 aliphatic carbocycles. The lowest BCUT2D eigenvalue weighted by molar-refractivity contribution is -0.142. The van der Waals surface area contributed by atoms with Gasteiger partial charge in [0.05, 0.1) is 0 Å². The van der Waals surface area contributed by atoms with Crippen molar-refractivity contribution in [3.63, 3.8) is 0 Å². The highest BCUT2D eigenvalue weighted by Crippen LogP contribution is 2.44. The van der Waals surface area contributed by atoms with Gasteiger partial charge in [-0.1, -0.05) is 82.6 Å². The van der Waals surface area contributed by atoms with Crippen LogP contribution >= 0.6 is 0 Å². The standard InChI is InChI=1S/C28H36N2O5/c1-5-18(2)14-24(26(32)33)30-25(31)15-28(3,4)17-29-27(34)35-16-23-21-12-8-6-10-19(21)20-11-7-9-13-22(20)23/h6-13,18,23-24H,5,14-17H2,1-4H3,(H,29,34)(H,30,31)(H,32,33). The number of benzene rings is 2. The van der Waals surface area contributed by atoms with E-state index in [4.69, 9.17) is 4.74 Å². The van der Waals surface area contributed by atoms with Crippen LogP contribution in [-0.4, -0.2) is 42.3 Å². The van der Waals surface area contributed by atoms with E-state index in [0.29, 0.717) is 6.42 Å². The molecule has 0 aromatic heterocycles. The first kappa shape index (κ1) is 26.3. The Morgan fingerprint density at radius 3 is 2.14 bits per heavy atom. The fourth-order valence-corrected chi connectivity index (χ4v) is 4.49. The predicted octanol–water partition coefficient (Wildman–Crippen LogP) is 4.95. The van der Waals surface area contributed by atoms with E-state index in [1.807, 2.05) is 52.0 Å². The number of carbonyl (C=O) groups excluding carboxylic acids is 2. The van der Waals surface area contributed by atoms with Crippen LogP contribution in [0, 0.1) is 11.3 Å². The van der Waals surface area contributed by atoms with Crippen LogP contribution in [-0.2, 0) is 14.3 Å². The number of ether oxygens (including phenoxy) is 1. The molecule has 0 saturated heterocycles. The third kappa shape index (κ3) is 6.84. The van der Waals surface area contributed by atoms with Crippen molar-refractivity contribution in [3.8, 4) is 11.1 Å². The second kappa shape index (κ2) is 11.4. The number of rotatable bonds is 11. The molecule has 2 atom stereocenters. The molecule has 0 aliphatic heterocycles. The molecule has 0 radical (unpaired) electrons. The molecule has 1 aliphatic rings. The molecule has 2 aromatic carbocycles. The smallest absolute Gasteiger partial charge is 0.407 e. The average molecular weight is 481 g/mol. The van der Waals surface area contributed by atoms with Crippen molar-refractivity contribution < 1.29 is 24.2 Å². The minimum atomic E-state index is -1.03. The highest BCUT2D eigenvalue weighted by molar-refractivity contribution is 5.84. The lowest BCUT2D eigenvalue weighted by atomic mass is 9.88. The Morgan fingerprint density at radius 1 is 1.03 bits per heavy atom. The van der Waals surface area contributed by atoms with E-state index < -0.39 is 23.5 Å². The van der Waals surface area contributed by atoms with E-state index in [1.165, 1.54) is 0 Å². The topological polar surface area (TPSA) is 105 Å². The van der Waals surface area contributed by atoms with Gasteiger partial charge in [-0.2, -0.15) is 0 Å². The van der Waals surface area contributed by atoms with E-state index >= 15 is 0 Å². The highest BCUT2D eigenvalue weighted by Gasteiger charge is 2.30. The second-order valence-electron chi connectivity index (χ2n) is 10.2. The summed E-state index contributed by atoms with van der Waals surface area (Å²) in [6.45, 7) is 8.09. The number of aliphatic carboxylic acids is 1. The maximum absolute atomic E-state index is 12.5. The summed E-state index contributed by atoms with van der Waals surface area (Å²) in [5.74, 6) is -1.21. The Morgan fingerprint density at radius 2 is 1.60 bits per heavy atom. The Bertz CT molecular complexity index is 1020. The van der Waals surface area contributed by atoms with Crippen molar-refractivity contribution in [1.82, 2.24) is 10.6 Å². The second-order valence-corrected chi connectivity index (χ2v) is 10.2. The number of carboxylic acids is 1. The van der Waals surface area contributed by atoms with Crippen LogP contribution in [0.1, 0.15) is 64.0 Å². The van der Waals surface area contributed by atoms with E-state index in [9.17, 15) is 19.5 Å². The Balaban J connectivity index is 1.50. The van der Waals surface area contributed by atoms with Crippen molar-refractivity contribution in [2.45, 2.75) is 58.9 Å². The summed E-state index contributed by atoms with van der Waals surface area (Å²) in [7, 11) is 0. The summed E-state index contributed by atoms with van der Waals surface area (Å²) in [4.78, 5) is 36.5. The molecule has 3 rings (SSSR count). The molecule has 0 spiro atoms. The fourth-order valence-electron chi connectivity index (χ4n) is 4.49. The van der Waals surface area contributed by atoms with Crippen LogP contribution in [0.3, 0.4) is 0 Å². The first-order chi connectivity index (χ1) is 16.6. The molecule has 2 unspecified atom stereocenters. The largest absolute Gasteiger partial charge is 0.480 e. The Labute approximate surface area is 207 Å². The number of hydrogen-bond acceptors (Lipinski definition) is 4. The van der Waals surface area contributed by atoms with Crippen LogP contribution in [0.15, 0.2) is 48.5 Å². The summed E-state index contributed by atoms with van der Waals surface area (Å²) in [6.07, 6.45) is 0.770. The van der Waals surface area contributed by atoms with Crippen LogP contribution in [0.5, 0.6) is 0 Å². The summed E-state index contributed by atoms with van der Waals surface area (Å²) in [5.41, 5.74) is 4.04. The Hall–Kier alpha value is -3.35. The molecule has 0 heterocycles. The van der Waals surface area contributed by atoms with Gasteiger partial charge in [0.1, 0.15) is 12.6 Å².